The largest absolute Gasteiger partial charge is 0.314 e. The maximum absolute atomic E-state index is 12.5. The van der Waals surface area contributed by atoms with Gasteiger partial charge >= 0.3 is 0 Å². The molecule has 1 aromatic rings. The molecule has 18 heavy (non-hydrogen) atoms. The quantitative estimate of drug-likeness (QED) is 0.900. The number of rotatable bonds is 2. The molecule has 0 saturated carbocycles. The fraction of sp³-hybridized carbons (Fsp3) is 0.500. The molecule has 0 bridgehead atoms. The Kier molecular flexibility index (Phi) is 3.96. The standard InChI is InChI=1S/C12H17ClN2O2S/c1-9-3-4-12(11(13)7-9)18(16,17)15-6-5-14-8-10(15)2/h3-4,7,10,14H,5-6,8H2,1-2H3/t10-/m0/s1. The number of sulfonamides is 1. The van der Waals surface area contributed by atoms with E-state index < -0.39 is 10.0 Å². The summed E-state index contributed by atoms with van der Waals surface area (Å²) in [5.41, 5.74) is 0.951. The summed E-state index contributed by atoms with van der Waals surface area (Å²) < 4.78 is 26.6. The smallest absolute Gasteiger partial charge is 0.244 e. The van der Waals surface area contributed by atoms with Crippen LogP contribution >= 0.6 is 11.6 Å². The topological polar surface area (TPSA) is 49.4 Å². The van der Waals surface area contributed by atoms with E-state index in [-0.39, 0.29) is 10.9 Å². The van der Waals surface area contributed by atoms with E-state index in [0.717, 1.165) is 5.56 Å². The van der Waals surface area contributed by atoms with Crippen LogP contribution in [0.2, 0.25) is 5.02 Å². The van der Waals surface area contributed by atoms with Gasteiger partial charge in [0.2, 0.25) is 10.0 Å². The molecule has 0 radical (unpaired) electrons. The molecule has 1 fully saturated rings. The van der Waals surface area contributed by atoms with E-state index >= 15 is 0 Å². The van der Waals surface area contributed by atoms with Crippen molar-refractivity contribution in [3.8, 4) is 0 Å². The monoisotopic (exact) mass is 288 g/mol. The number of benzene rings is 1. The van der Waals surface area contributed by atoms with Gasteiger partial charge in [-0.3, -0.25) is 0 Å². The number of piperazine rings is 1. The first-order valence-corrected chi connectivity index (χ1v) is 7.73. The van der Waals surface area contributed by atoms with Crippen molar-refractivity contribution in [2.45, 2.75) is 24.8 Å². The minimum Gasteiger partial charge on any atom is -0.314 e. The van der Waals surface area contributed by atoms with Crippen LogP contribution in [-0.2, 0) is 10.0 Å². The van der Waals surface area contributed by atoms with Gasteiger partial charge in [0.1, 0.15) is 4.90 Å². The lowest BCUT2D eigenvalue weighted by Crippen LogP contribution is -2.52. The first-order chi connectivity index (χ1) is 8.43. The predicted molar refractivity (Wildman–Crippen MR) is 72.4 cm³/mol. The average molecular weight is 289 g/mol. The second-order valence-corrected chi connectivity index (χ2v) is 6.87. The molecule has 0 unspecified atom stereocenters. The number of nitrogens with zero attached hydrogens (tertiary/aromatic N) is 1. The lowest BCUT2D eigenvalue weighted by atomic mass is 10.2. The minimum absolute atomic E-state index is 0.0545. The second-order valence-electron chi connectivity index (χ2n) is 4.60. The van der Waals surface area contributed by atoms with Gasteiger partial charge in [0, 0.05) is 25.7 Å². The number of halogens is 1. The normalized spacial score (nSPS) is 22.1. The van der Waals surface area contributed by atoms with Crippen molar-refractivity contribution in [3.05, 3.63) is 28.8 Å². The fourth-order valence-electron chi connectivity index (χ4n) is 2.12. The highest BCUT2D eigenvalue weighted by Gasteiger charge is 2.32. The van der Waals surface area contributed by atoms with Gasteiger partial charge in [-0.25, -0.2) is 8.42 Å². The molecule has 1 heterocycles. The van der Waals surface area contributed by atoms with Crippen LogP contribution in [0.3, 0.4) is 0 Å². The molecule has 0 aromatic heterocycles. The van der Waals surface area contributed by atoms with Gasteiger partial charge in [0.05, 0.1) is 5.02 Å². The first kappa shape index (κ1) is 13.8. The Morgan fingerprint density at radius 1 is 1.44 bits per heavy atom. The number of aryl methyl sites for hydroxylation is 1. The number of hydrogen-bond donors (Lipinski definition) is 1. The molecule has 1 saturated heterocycles. The molecule has 0 spiro atoms. The Bertz CT molecular complexity index is 545. The molecule has 1 aromatic carbocycles. The summed E-state index contributed by atoms with van der Waals surface area (Å²) in [5, 5.41) is 3.47. The summed E-state index contributed by atoms with van der Waals surface area (Å²) in [6, 6.07) is 4.98. The summed E-state index contributed by atoms with van der Waals surface area (Å²) >= 11 is 6.06. The Morgan fingerprint density at radius 2 is 2.17 bits per heavy atom. The summed E-state index contributed by atoms with van der Waals surface area (Å²) in [5.74, 6) is 0. The molecule has 100 valence electrons. The van der Waals surface area contributed by atoms with Gasteiger partial charge < -0.3 is 5.32 Å². The lowest BCUT2D eigenvalue weighted by molar-refractivity contribution is 0.284. The lowest BCUT2D eigenvalue weighted by Gasteiger charge is -2.33. The fourth-order valence-corrected chi connectivity index (χ4v) is 4.33. The van der Waals surface area contributed by atoms with Crippen molar-refractivity contribution < 1.29 is 8.42 Å². The van der Waals surface area contributed by atoms with Crippen molar-refractivity contribution in [3.63, 3.8) is 0 Å². The van der Waals surface area contributed by atoms with Gasteiger partial charge in [0.15, 0.2) is 0 Å². The van der Waals surface area contributed by atoms with Crippen molar-refractivity contribution >= 4 is 21.6 Å². The highest BCUT2D eigenvalue weighted by Crippen LogP contribution is 2.27. The van der Waals surface area contributed by atoms with Crippen LogP contribution in [0, 0.1) is 6.92 Å². The van der Waals surface area contributed by atoms with Gasteiger partial charge in [-0.1, -0.05) is 17.7 Å². The maximum Gasteiger partial charge on any atom is 0.244 e. The summed E-state index contributed by atoms with van der Waals surface area (Å²) in [6.45, 7) is 5.60. The zero-order chi connectivity index (χ0) is 13.3. The van der Waals surface area contributed by atoms with Crippen LogP contribution in [0.5, 0.6) is 0 Å². The zero-order valence-corrected chi connectivity index (χ0v) is 12.1. The first-order valence-electron chi connectivity index (χ1n) is 5.91. The van der Waals surface area contributed by atoms with Crippen molar-refractivity contribution in [2.24, 2.45) is 0 Å². The van der Waals surface area contributed by atoms with Crippen molar-refractivity contribution in [2.75, 3.05) is 19.6 Å². The average Bonchev–Trinajstić information content (AvgIpc) is 2.28. The number of nitrogens with one attached hydrogen (secondary N) is 1. The van der Waals surface area contributed by atoms with E-state index in [1.807, 2.05) is 13.8 Å². The predicted octanol–water partition coefficient (Wildman–Crippen LogP) is 1.63. The molecule has 2 rings (SSSR count). The Morgan fingerprint density at radius 3 is 2.78 bits per heavy atom. The molecule has 1 aliphatic rings. The van der Waals surface area contributed by atoms with E-state index in [4.69, 9.17) is 11.6 Å². The van der Waals surface area contributed by atoms with Crippen molar-refractivity contribution in [1.82, 2.24) is 9.62 Å². The molecule has 0 aliphatic carbocycles. The van der Waals surface area contributed by atoms with E-state index in [1.165, 1.54) is 4.31 Å². The third-order valence-electron chi connectivity index (χ3n) is 3.11. The van der Waals surface area contributed by atoms with Crippen LogP contribution in [0.25, 0.3) is 0 Å². The van der Waals surface area contributed by atoms with Crippen LogP contribution in [0.15, 0.2) is 23.1 Å². The highest BCUT2D eigenvalue weighted by molar-refractivity contribution is 7.89. The SMILES string of the molecule is Cc1ccc(S(=O)(=O)N2CCNC[C@@H]2C)c(Cl)c1. The Labute approximate surface area is 113 Å². The van der Waals surface area contributed by atoms with Crippen LogP contribution in [-0.4, -0.2) is 38.4 Å². The molecule has 1 N–H and O–H groups in total. The van der Waals surface area contributed by atoms with E-state index in [0.29, 0.717) is 24.7 Å². The second kappa shape index (κ2) is 5.17. The van der Waals surface area contributed by atoms with Crippen molar-refractivity contribution in [1.29, 1.82) is 0 Å². The van der Waals surface area contributed by atoms with Gasteiger partial charge in [-0.15, -0.1) is 0 Å². The van der Waals surface area contributed by atoms with Crippen LogP contribution in [0.4, 0.5) is 0 Å². The van der Waals surface area contributed by atoms with Crippen LogP contribution in [0.1, 0.15) is 12.5 Å². The molecule has 1 aliphatic heterocycles. The Hall–Kier alpha value is -0.620. The van der Waals surface area contributed by atoms with Gasteiger partial charge in [-0.05, 0) is 31.5 Å². The highest BCUT2D eigenvalue weighted by atomic mass is 35.5. The maximum atomic E-state index is 12.5. The molecular formula is C12H17ClN2O2S. The van der Waals surface area contributed by atoms with E-state index in [9.17, 15) is 8.42 Å². The van der Waals surface area contributed by atoms with E-state index in [2.05, 4.69) is 5.32 Å². The van der Waals surface area contributed by atoms with Gasteiger partial charge in [-0.2, -0.15) is 4.31 Å². The molecular weight excluding hydrogens is 272 g/mol. The zero-order valence-electron chi connectivity index (χ0n) is 10.5. The third-order valence-corrected chi connectivity index (χ3v) is 5.61. The Balaban J connectivity index is 2.41. The van der Waals surface area contributed by atoms with Crippen LogP contribution < -0.4 is 5.32 Å². The molecule has 6 heteroatoms. The third kappa shape index (κ3) is 2.54. The summed E-state index contributed by atoms with van der Waals surface area (Å²) in [7, 11) is -3.50. The summed E-state index contributed by atoms with van der Waals surface area (Å²) in [4.78, 5) is 0.198. The number of hydrogen-bond acceptors (Lipinski definition) is 3. The summed E-state index contributed by atoms with van der Waals surface area (Å²) in [6.07, 6.45) is 0. The molecule has 1 atom stereocenters. The van der Waals surface area contributed by atoms with Gasteiger partial charge in [0.25, 0.3) is 0 Å². The molecule has 0 amide bonds. The minimum atomic E-state index is -3.50. The molecule has 4 nitrogen and oxygen atoms in total. The van der Waals surface area contributed by atoms with E-state index in [1.54, 1.807) is 18.2 Å².